The third-order valence-corrected chi connectivity index (χ3v) is 6.27. The molecule has 0 aromatic heterocycles. The minimum atomic E-state index is -0.665. The van der Waals surface area contributed by atoms with E-state index in [9.17, 15) is 19.2 Å². The first-order valence-electron chi connectivity index (χ1n) is 14.4. The predicted molar refractivity (Wildman–Crippen MR) is 165 cm³/mol. The molecule has 3 rings (SSSR count). The maximum atomic E-state index is 15.1. The van der Waals surface area contributed by atoms with E-state index in [1.54, 1.807) is 83.1 Å². The average molecular weight is 621 g/mol. The molecule has 3 aromatic rings. The highest BCUT2D eigenvalue weighted by atomic mass is 19.1. The molecule has 0 heterocycles. The molecule has 0 amide bonds. The largest absolute Gasteiger partial charge is 0.487 e. The molecular formula is C35H37FO9. The summed E-state index contributed by atoms with van der Waals surface area (Å²) in [6.45, 7) is 11.7. The van der Waals surface area contributed by atoms with Crippen LogP contribution in [0.15, 0.2) is 72.8 Å². The van der Waals surface area contributed by atoms with Crippen molar-refractivity contribution in [2.45, 2.75) is 34.6 Å². The van der Waals surface area contributed by atoms with Crippen LogP contribution in [0.25, 0.3) is 22.3 Å². The molecule has 0 N–H and O–H groups in total. The highest BCUT2D eigenvalue weighted by molar-refractivity contribution is 5.93. The summed E-state index contributed by atoms with van der Waals surface area (Å²) >= 11 is 0. The topological polar surface area (TPSA) is 114 Å². The molecule has 10 heteroatoms. The zero-order valence-electron chi connectivity index (χ0n) is 26.0. The average Bonchev–Trinajstić information content (AvgIpc) is 3.01. The van der Waals surface area contributed by atoms with Crippen LogP contribution in [-0.4, -0.2) is 50.3 Å². The van der Waals surface area contributed by atoms with Gasteiger partial charge in [-0.3, -0.25) is 9.59 Å². The summed E-state index contributed by atoms with van der Waals surface area (Å²) in [5, 5.41) is 0. The van der Waals surface area contributed by atoms with Crippen LogP contribution in [0.3, 0.4) is 0 Å². The van der Waals surface area contributed by atoms with Crippen molar-refractivity contribution in [3.8, 4) is 33.8 Å². The van der Waals surface area contributed by atoms with Crippen molar-refractivity contribution in [2.24, 2.45) is 11.8 Å². The maximum absolute atomic E-state index is 15.1. The van der Waals surface area contributed by atoms with Crippen LogP contribution in [0.5, 0.6) is 11.5 Å². The highest BCUT2D eigenvalue weighted by Crippen LogP contribution is 2.32. The first-order chi connectivity index (χ1) is 21.3. The van der Waals surface area contributed by atoms with Crippen molar-refractivity contribution in [1.82, 2.24) is 0 Å². The first kappa shape index (κ1) is 34.5. The molecule has 0 saturated heterocycles. The van der Waals surface area contributed by atoms with Crippen molar-refractivity contribution in [2.75, 3.05) is 26.4 Å². The Morgan fingerprint density at radius 3 is 1.78 bits per heavy atom. The lowest BCUT2D eigenvalue weighted by atomic mass is 9.96. The van der Waals surface area contributed by atoms with Gasteiger partial charge in [-0.1, -0.05) is 52.5 Å². The van der Waals surface area contributed by atoms with E-state index in [0.717, 1.165) is 0 Å². The Bertz CT molecular complexity index is 1540. The van der Waals surface area contributed by atoms with Gasteiger partial charge in [0.05, 0.1) is 17.4 Å². The van der Waals surface area contributed by atoms with Crippen LogP contribution in [0, 0.1) is 17.7 Å². The van der Waals surface area contributed by atoms with Gasteiger partial charge in [-0.25, -0.2) is 14.0 Å². The Labute approximate surface area is 261 Å². The summed E-state index contributed by atoms with van der Waals surface area (Å²) in [6, 6.07) is 16.0. The molecule has 9 nitrogen and oxygen atoms in total. The summed E-state index contributed by atoms with van der Waals surface area (Å²) in [6.07, 6.45) is 0. The van der Waals surface area contributed by atoms with Crippen LogP contribution >= 0.6 is 0 Å². The van der Waals surface area contributed by atoms with Gasteiger partial charge in [0.15, 0.2) is 11.6 Å². The molecule has 0 aliphatic heterocycles. The van der Waals surface area contributed by atoms with E-state index in [-0.39, 0.29) is 61.1 Å². The second kappa shape index (κ2) is 16.2. The van der Waals surface area contributed by atoms with Crippen molar-refractivity contribution in [3.05, 3.63) is 84.2 Å². The molecule has 0 aliphatic carbocycles. The van der Waals surface area contributed by atoms with E-state index in [4.69, 9.17) is 23.7 Å². The van der Waals surface area contributed by atoms with Gasteiger partial charge < -0.3 is 23.7 Å². The van der Waals surface area contributed by atoms with Crippen LogP contribution in [0.2, 0.25) is 0 Å². The quantitative estimate of drug-likeness (QED) is 0.0649. The lowest BCUT2D eigenvalue weighted by Gasteiger charge is -2.13. The Balaban J connectivity index is 1.86. The first-order valence-corrected chi connectivity index (χ1v) is 14.4. The molecule has 0 saturated carbocycles. The molecule has 0 aliphatic rings. The second-order valence-corrected chi connectivity index (χ2v) is 10.8. The Morgan fingerprint density at radius 1 is 0.689 bits per heavy atom. The fourth-order valence-electron chi connectivity index (χ4n) is 3.77. The van der Waals surface area contributed by atoms with Gasteiger partial charge in [-0.15, -0.1) is 0 Å². The summed E-state index contributed by atoms with van der Waals surface area (Å²) in [4.78, 5) is 48.2. The van der Waals surface area contributed by atoms with Gasteiger partial charge in [0.25, 0.3) is 0 Å². The number of hydrogen-bond acceptors (Lipinski definition) is 9. The molecule has 238 valence electrons. The minimum absolute atomic E-state index is 0.0203. The van der Waals surface area contributed by atoms with E-state index in [2.05, 4.69) is 6.58 Å². The molecule has 0 spiro atoms. The number of carbonyl (C=O) groups is 4. The zero-order chi connectivity index (χ0) is 33.1. The number of hydrogen-bond donors (Lipinski definition) is 0. The number of carbonyl (C=O) groups excluding carboxylic acids is 4. The Kier molecular flexibility index (Phi) is 12.4. The molecule has 0 bridgehead atoms. The molecule has 0 atom stereocenters. The smallest absolute Gasteiger partial charge is 0.338 e. The van der Waals surface area contributed by atoms with Gasteiger partial charge in [0.1, 0.15) is 32.2 Å². The van der Waals surface area contributed by atoms with Crippen molar-refractivity contribution >= 4 is 23.9 Å². The van der Waals surface area contributed by atoms with E-state index >= 15 is 4.39 Å². The van der Waals surface area contributed by atoms with Crippen molar-refractivity contribution < 1.29 is 47.3 Å². The maximum Gasteiger partial charge on any atom is 0.338 e. The standard InChI is InChI=1S/C35H37FO9/c1-21(2)32(37)42-14-13-41-31-12-9-25(20-30(31)36)27-17-26(24-7-10-29(11-8-24)45-34(39)23(5)6)18-28(19-27)35(40)44-16-15-43-33(38)22(3)4/h7-12,17-22H,5,13-16H2,1-4,6H3. The third-order valence-electron chi connectivity index (χ3n) is 6.27. The van der Waals surface area contributed by atoms with E-state index in [0.29, 0.717) is 28.0 Å². The lowest BCUT2D eigenvalue weighted by molar-refractivity contribution is -0.149. The Morgan fingerprint density at radius 2 is 1.22 bits per heavy atom. The normalized spacial score (nSPS) is 10.8. The van der Waals surface area contributed by atoms with Crippen LogP contribution in [0.1, 0.15) is 45.0 Å². The summed E-state index contributed by atoms with van der Waals surface area (Å²) < 4.78 is 41.2. The lowest BCUT2D eigenvalue weighted by Crippen LogP contribution is -2.17. The third kappa shape index (κ3) is 10.3. The zero-order valence-corrected chi connectivity index (χ0v) is 26.0. The fourth-order valence-corrected chi connectivity index (χ4v) is 3.77. The minimum Gasteiger partial charge on any atom is -0.487 e. The van der Waals surface area contributed by atoms with Crippen molar-refractivity contribution in [1.29, 1.82) is 0 Å². The highest BCUT2D eigenvalue weighted by Gasteiger charge is 2.16. The van der Waals surface area contributed by atoms with E-state index in [1.807, 2.05) is 0 Å². The number of benzene rings is 3. The monoisotopic (exact) mass is 620 g/mol. The van der Waals surface area contributed by atoms with E-state index in [1.165, 1.54) is 12.1 Å². The predicted octanol–water partition coefficient (Wildman–Crippen LogP) is 6.58. The second-order valence-electron chi connectivity index (χ2n) is 10.8. The van der Waals surface area contributed by atoms with E-state index < -0.39 is 23.7 Å². The molecule has 3 aromatic carbocycles. The summed E-state index contributed by atoms with van der Waals surface area (Å²) in [7, 11) is 0. The SMILES string of the molecule is C=C(C)C(=O)Oc1ccc(-c2cc(C(=O)OCCOC(=O)C(C)C)cc(-c3ccc(OCCOC(=O)C(C)C)c(F)c3)c2)cc1. The van der Waals surface area contributed by atoms with Crippen LogP contribution < -0.4 is 9.47 Å². The summed E-state index contributed by atoms with van der Waals surface area (Å²) in [5.74, 6) is -2.94. The van der Waals surface area contributed by atoms with Gasteiger partial charge in [0, 0.05) is 5.57 Å². The number of ether oxygens (including phenoxy) is 5. The molecular weight excluding hydrogens is 583 g/mol. The Hall–Kier alpha value is -4.99. The van der Waals surface area contributed by atoms with Crippen LogP contribution in [0.4, 0.5) is 4.39 Å². The molecule has 0 unspecified atom stereocenters. The van der Waals surface area contributed by atoms with Gasteiger partial charge in [-0.2, -0.15) is 0 Å². The summed E-state index contributed by atoms with van der Waals surface area (Å²) in [5.41, 5.74) is 2.70. The van der Waals surface area contributed by atoms with Crippen molar-refractivity contribution in [3.63, 3.8) is 0 Å². The number of esters is 4. The molecule has 0 fully saturated rings. The van der Waals surface area contributed by atoms with Gasteiger partial charge >= 0.3 is 23.9 Å². The fraction of sp³-hybridized carbons (Fsp3) is 0.314. The van der Waals surface area contributed by atoms with Gasteiger partial charge in [0.2, 0.25) is 0 Å². The van der Waals surface area contributed by atoms with Gasteiger partial charge in [-0.05, 0) is 71.6 Å². The number of rotatable bonds is 14. The molecule has 45 heavy (non-hydrogen) atoms. The molecule has 0 radical (unpaired) electrons. The van der Waals surface area contributed by atoms with Crippen LogP contribution in [-0.2, 0) is 28.6 Å². The number of halogens is 1.